The third-order valence-electron chi connectivity index (χ3n) is 3.35. The van der Waals surface area contributed by atoms with E-state index in [0.717, 1.165) is 11.4 Å². The molecule has 1 nitrogen and oxygen atoms in total. The Morgan fingerprint density at radius 1 is 1.00 bits per heavy atom. The van der Waals surface area contributed by atoms with Crippen molar-refractivity contribution in [3.8, 4) is 0 Å². The number of halogens is 1. The minimum absolute atomic E-state index is 0.333. The maximum Gasteiger partial charge on any atom is 0.0406 e. The van der Waals surface area contributed by atoms with Crippen LogP contribution in [0.25, 0.3) is 0 Å². The first-order valence-electron chi connectivity index (χ1n) is 6.58. The lowest BCUT2D eigenvalue weighted by Gasteiger charge is -2.18. The van der Waals surface area contributed by atoms with Gasteiger partial charge in [-0.15, -0.1) is 0 Å². The molecule has 0 radical (unpaired) electrons. The molecule has 0 aliphatic heterocycles. The van der Waals surface area contributed by atoms with E-state index in [9.17, 15) is 0 Å². The van der Waals surface area contributed by atoms with Gasteiger partial charge in [0, 0.05) is 11.1 Å². The molecule has 0 amide bonds. The molecule has 0 bridgehead atoms. The van der Waals surface area contributed by atoms with E-state index in [4.69, 9.17) is 11.6 Å². The van der Waals surface area contributed by atoms with Crippen LogP contribution in [0.2, 0.25) is 5.02 Å². The highest BCUT2D eigenvalue weighted by Gasteiger charge is 2.11. The van der Waals surface area contributed by atoms with Crippen LogP contribution in [0, 0.1) is 13.8 Å². The molecule has 0 fully saturated rings. The zero-order valence-corrected chi connectivity index (χ0v) is 12.5. The van der Waals surface area contributed by atoms with E-state index >= 15 is 0 Å². The van der Waals surface area contributed by atoms with Crippen LogP contribution in [0.4, 0.5) is 0 Å². The first-order valence-corrected chi connectivity index (χ1v) is 6.96. The van der Waals surface area contributed by atoms with Gasteiger partial charge in [0.05, 0.1) is 0 Å². The largest absolute Gasteiger partial charge is 0.313 e. The third kappa shape index (κ3) is 3.82. The summed E-state index contributed by atoms with van der Waals surface area (Å²) in [7, 11) is 2.01. The van der Waals surface area contributed by atoms with E-state index in [1.54, 1.807) is 0 Å². The number of likely N-dealkylation sites (N-methyl/N-ethyl adjacent to an activating group) is 1. The molecule has 2 rings (SSSR count). The number of nitrogens with one attached hydrogen (secondary N) is 1. The van der Waals surface area contributed by atoms with Gasteiger partial charge >= 0.3 is 0 Å². The number of benzene rings is 2. The van der Waals surface area contributed by atoms with Crippen molar-refractivity contribution < 1.29 is 0 Å². The first kappa shape index (κ1) is 14.1. The molecule has 0 saturated carbocycles. The SMILES string of the molecule is CNC(Cc1ccc(Cl)cc1)c1cc(C)cc(C)c1. The number of hydrogen-bond donors (Lipinski definition) is 1. The van der Waals surface area contributed by atoms with Crippen LogP contribution >= 0.6 is 11.6 Å². The summed E-state index contributed by atoms with van der Waals surface area (Å²) < 4.78 is 0. The fourth-order valence-corrected chi connectivity index (χ4v) is 2.58. The van der Waals surface area contributed by atoms with Crippen molar-refractivity contribution in [1.82, 2.24) is 5.32 Å². The highest BCUT2D eigenvalue weighted by Crippen LogP contribution is 2.21. The second kappa shape index (κ2) is 6.23. The molecular formula is C17H20ClN. The summed E-state index contributed by atoms with van der Waals surface area (Å²) in [6, 6.07) is 15.1. The average molecular weight is 274 g/mol. The molecular weight excluding hydrogens is 254 g/mol. The minimum atomic E-state index is 0.333. The van der Waals surface area contributed by atoms with Gasteiger partial charge in [-0.2, -0.15) is 0 Å². The zero-order chi connectivity index (χ0) is 13.8. The molecule has 2 heteroatoms. The summed E-state index contributed by atoms with van der Waals surface area (Å²) in [6.45, 7) is 4.29. The number of hydrogen-bond acceptors (Lipinski definition) is 1. The summed E-state index contributed by atoms with van der Waals surface area (Å²) >= 11 is 5.93. The van der Waals surface area contributed by atoms with Gasteiger partial charge in [0.2, 0.25) is 0 Å². The number of rotatable bonds is 4. The first-order chi connectivity index (χ1) is 9.08. The van der Waals surface area contributed by atoms with Crippen LogP contribution < -0.4 is 5.32 Å². The Balaban J connectivity index is 2.22. The van der Waals surface area contributed by atoms with Crippen molar-refractivity contribution in [1.29, 1.82) is 0 Å². The van der Waals surface area contributed by atoms with Gasteiger partial charge in [-0.3, -0.25) is 0 Å². The summed E-state index contributed by atoms with van der Waals surface area (Å²) in [6.07, 6.45) is 0.969. The van der Waals surface area contributed by atoms with Crippen molar-refractivity contribution >= 4 is 11.6 Å². The normalized spacial score (nSPS) is 12.4. The standard InChI is InChI=1S/C17H20ClN/c1-12-8-13(2)10-15(9-12)17(19-3)11-14-4-6-16(18)7-5-14/h4-10,17,19H,11H2,1-3H3. The van der Waals surface area contributed by atoms with E-state index in [-0.39, 0.29) is 0 Å². The highest BCUT2D eigenvalue weighted by molar-refractivity contribution is 6.30. The van der Waals surface area contributed by atoms with Gasteiger partial charge in [0.15, 0.2) is 0 Å². The lowest BCUT2D eigenvalue weighted by Crippen LogP contribution is -2.19. The van der Waals surface area contributed by atoms with Gasteiger partial charge in [-0.05, 0) is 50.6 Å². The summed E-state index contributed by atoms with van der Waals surface area (Å²) in [4.78, 5) is 0. The van der Waals surface area contributed by atoms with Crippen molar-refractivity contribution in [2.45, 2.75) is 26.3 Å². The molecule has 2 aromatic carbocycles. The minimum Gasteiger partial charge on any atom is -0.313 e. The van der Waals surface area contributed by atoms with Crippen molar-refractivity contribution in [3.05, 3.63) is 69.7 Å². The molecule has 1 atom stereocenters. The van der Waals surface area contributed by atoms with Gasteiger partial charge in [0.1, 0.15) is 0 Å². The molecule has 0 heterocycles. The van der Waals surface area contributed by atoms with Crippen LogP contribution in [0.15, 0.2) is 42.5 Å². The predicted octanol–water partition coefficient (Wildman–Crippen LogP) is 4.46. The van der Waals surface area contributed by atoms with Crippen molar-refractivity contribution in [2.24, 2.45) is 0 Å². The molecule has 19 heavy (non-hydrogen) atoms. The second-order valence-electron chi connectivity index (χ2n) is 5.09. The Hall–Kier alpha value is -1.31. The average Bonchev–Trinajstić information content (AvgIpc) is 2.37. The van der Waals surface area contributed by atoms with Gasteiger partial charge in [0.25, 0.3) is 0 Å². The van der Waals surface area contributed by atoms with E-state index in [1.807, 2.05) is 19.2 Å². The summed E-state index contributed by atoms with van der Waals surface area (Å²) in [5.74, 6) is 0. The quantitative estimate of drug-likeness (QED) is 0.867. The predicted molar refractivity (Wildman–Crippen MR) is 82.9 cm³/mol. The Morgan fingerprint density at radius 3 is 2.11 bits per heavy atom. The van der Waals surface area contributed by atoms with E-state index in [0.29, 0.717) is 6.04 Å². The van der Waals surface area contributed by atoms with E-state index in [2.05, 4.69) is 49.5 Å². The van der Waals surface area contributed by atoms with Crippen LogP contribution in [0.1, 0.15) is 28.3 Å². The van der Waals surface area contributed by atoms with Crippen LogP contribution in [0.5, 0.6) is 0 Å². The van der Waals surface area contributed by atoms with Crippen molar-refractivity contribution in [2.75, 3.05) is 7.05 Å². The number of aryl methyl sites for hydroxylation is 2. The third-order valence-corrected chi connectivity index (χ3v) is 3.60. The van der Waals surface area contributed by atoms with Crippen LogP contribution in [0.3, 0.4) is 0 Å². The zero-order valence-electron chi connectivity index (χ0n) is 11.7. The monoisotopic (exact) mass is 273 g/mol. The second-order valence-corrected chi connectivity index (χ2v) is 5.53. The van der Waals surface area contributed by atoms with Crippen molar-refractivity contribution in [3.63, 3.8) is 0 Å². The molecule has 0 aromatic heterocycles. The Labute approximate surface area is 120 Å². The van der Waals surface area contributed by atoms with E-state index < -0.39 is 0 Å². The maximum atomic E-state index is 5.93. The molecule has 1 unspecified atom stereocenters. The fourth-order valence-electron chi connectivity index (χ4n) is 2.45. The molecule has 2 aromatic rings. The molecule has 100 valence electrons. The lowest BCUT2D eigenvalue weighted by molar-refractivity contribution is 0.591. The smallest absolute Gasteiger partial charge is 0.0406 e. The van der Waals surface area contributed by atoms with Gasteiger partial charge in [-0.1, -0.05) is 53.1 Å². The fraction of sp³-hybridized carbons (Fsp3) is 0.294. The topological polar surface area (TPSA) is 12.0 Å². The molecule has 0 saturated heterocycles. The van der Waals surface area contributed by atoms with Gasteiger partial charge < -0.3 is 5.32 Å². The van der Waals surface area contributed by atoms with E-state index in [1.165, 1.54) is 22.3 Å². The Morgan fingerprint density at radius 2 is 1.58 bits per heavy atom. The Kier molecular flexibility index (Phi) is 4.62. The summed E-state index contributed by atoms with van der Waals surface area (Å²) in [5, 5.41) is 4.19. The maximum absolute atomic E-state index is 5.93. The Bertz CT molecular complexity index is 525. The molecule has 0 aliphatic carbocycles. The summed E-state index contributed by atoms with van der Waals surface area (Å²) in [5.41, 5.74) is 5.26. The van der Waals surface area contributed by atoms with Crippen LogP contribution in [-0.2, 0) is 6.42 Å². The lowest BCUT2D eigenvalue weighted by atomic mass is 9.96. The molecule has 1 N–H and O–H groups in total. The highest BCUT2D eigenvalue weighted by atomic mass is 35.5. The van der Waals surface area contributed by atoms with Gasteiger partial charge in [-0.25, -0.2) is 0 Å². The van der Waals surface area contributed by atoms with Crippen LogP contribution in [-0.4, -0.2) is 7.05 Å². The molecule has 0 spiro atoms. The molecule has 0 aliphatic rings.